The number of anilines is 1. The summed E-state index contributed by atoms with van der Waals surface area (Å²) in [4.78, 5) is 11.3. The lowest BCUT2D eigenvalue weighted by Gasteiger charge is -2.26. The second kappa shape index (κ2) is 4.68. The van der Waals surface area contributed by atoms with Gasteiger partial charge in [0.15, 0.2) is 0 Å². The van der Waals surface area contributed by atoms with E-state index in [4.69, 9.17) is 9.47 Å². The summed E-state index contributed by atoms with van der Waals surface area (Å²) in [7, 11) is 3.78. The zero-order valence-corrected chi connectivity index (χ0v) is 12.5. The monoisotopic (exact) mass is 288 g/mol. The smallest absolute Gasteiger partial charge is 0.145 e. The van der Waals surface area contributed by atoms with Crippen molar-refractivity contribution >= 4 is 16.9 Å². The zero-order valence-electron chi connectivity index (χ0n) is 12.5. The van der Waals surface area contributed by atoms with Gasteiger partial charge >= 0.3 is 0 Å². The fourth-order valence-electron chi connectivity index (χ4n) is 3.80. The molecule has 2 fully saturated rings. The van der Waals surface area contributed by atoms with Gasteiger partial charge in [-0.05, 0) is 6.07 Å². The predicted molar refractivity (Wildman–Crippen MR) is 79.3 cm³/mol. The predicted octanol–water partition coefficient (Wildman–Crippen LogP) is 1.07. The highest BCUT2D eigenvalue weighted by molar-refractivity contribution is 5.88. The van der Waals surface area contributed by atoms with Crippen molar-refractivity contribution in [2.24, 2.45) is 18.4 Å². The molecule has 2 aliphatic heterocycles. The van der Waals surface area contributed by atoms with Gasteiger partial charge in [0, 0.05) is 44.8 Å². The molecular formula is C15H20N4O2. The molecule has 0 N–H and O–H groups in total. The SMILES string of the molecule is COC[C@@]12COC[C@@H]1CN(c1ncnc3c1ccn3C)C2. The summed E-state index contributed by atoms with van der Waals surface area (Å²) in [6.45, 7) is 4.27. The first kappa shape index (κ1) is 13.0. The van der Waals surface area contributed by atoms with Crippen molar-refractivity contribution in [3.05, 3.63) is 18.6 Å². The van der Waals surface area contributed by atoms with Crippen LogP contribution in [0.2, 0.25) is 0 Å². The van der Waals surface area contributed by atoms with Crippen LogP contribution in [0.15, 0.2) is 18.6 Å². The summed E-state index contributed by atoms with van der Waals surface area (Å²) in [6.07, 6.45) is 3.69. The highest BCUT2D eigenvalue weighted by atomic mass is 16.5. The summed E-state index contributed by atoms with van der Waals surface area (Å²) >= 11 is 0. The van der Waals surface area contributed by atoms with Crippen LogP contribution < -0.4 is 4.90 Å². The molecule has 0 aromatic carbocycles. The third-order valence-corrected chi connectivity index (χ3v) is 4.89. The van der Waals surface area contributed by atoms with Gasteiger partial charge in [0.2, 0.25) is 0 Å². The molecule has 0 radical (unpaired) electrons. The van der Waals surface area contributed by atoms with Crippen LogP contribution in [0, 0.1) is 11.3 Å². The molecule has 0 amide bonds. The van der Waals surface area contributed by atoms with Crippen molar-refractivity contribution in [1.82, 2.24) is 14.5 Å². The van der Waals surface area contributed by atoms with E-state index in [1.54, 1.807) is 13.4 Å². The Hall–Kier alpha value is -1.66. The molecule has 2 atom stereocenters. The van der Waals surface area contributed by atoms with Gasteiger partial charge in [-0.25, -0.2) is 9.97 Å². The molecule has 4 rings (SSSR count). The molecule has 2 aromatic heterocycles. The van der Waals surface area contributed by atoms with Gasteiger partial charge in [-0.2, -0.15) is 0 Å². The van der Waals surface area contributed by atoms with Gasteiger partial charge in [0.05, 0.1) is 25.2 Å². The lowest BCUT2D eigenvalue weighted by molar-refractivity contribution is 0.0660. The maximum atomic E-state index is 5.70. The molecule has 6 heteroatoms. The molecule has 112 valence electrons. The fraction of sp³-hybridized carbons (Fsp3) is 0.600. The van der Waals surface area contributed by atoms with Crippen LogP contribution in [0.3, 0.4) is 0 Å². The molecule has 0 unspecified atom stereocenters. The fourth-order valence-corrected chi connectivity index (χ4v) is 3.80. The number of aromatic nitrogens is 3. The number of aryl methyl sites for hydroxylation is 1. The van der Waals surface area contributed by atoms with Gasteiger partial charge in [-0.1, -0.05) is 0 Å². The third kappa shape index (κ3) is 1.86. The van der Waals surface area contributed by atoms with E-state index in [2.05, 4.69) is 20.9 Å². The third-order valence-electron chi connectivity index (χ3n) is 4.89. The first-order valence-electron chi connectivity index (χ1n) is 7.31. The summed E-state index contributed by atoms with van der Waals surface area (Å²) in [5.74, 6) is 1.55. The molecule has 0 bridgehead atoms. The lowest BCUT2D eigenvalue weighted by Crippen LogP contribution is -2.35. The number of rotatable bonds is 3. The molecule has 0 saturated carbocycles. The van der Waals surface area contributed by atoms with Gasteiger partial charge in [0.25, 0.3) is 0 Å². The Morgan fingerprint density at radius 3 is 3.24 bits per heavy atom. The lowest BCUT2D eigenvalue weighted by atomic mass is 9.82. The average Bonchev–Trinajstić information content (AvgIpc) is 3.12. The number of nitrogens with zero attached hydrogens (tertiary/aromatic N) is 4. The Morgan fingerprint density at radius 1 is 1.48 bits per heavy atom. The van der Waals surface area contributed by atoms with Crippen LogP contribution in [-0.2, 0) is 16.5 Å². The number of fused-ring (bicyclic) bond motifs is 2. The maximum Gasteiger partial charge on any atom is 0.145 e. The van der Waals surface area contributed by atoms with Crippen molar-refractivity contribution in [3.8, 4) is 0 Å². The van der Waals surface area contributed by atoms with Crippen molar-refractivity contribution < 1.29 is 9.47 Å². The molecule has 0 spiro atoms. The molecule has 4 heterocycles. The maximum absolute atomic E-state index is 5.70. The number of methoxy groups -OCH3 is 1. The molecule has 2 saturated heterocycles. The van der Waals surface area contributed by atoms with Crippen molar-refractivity contribution in [1.29, 1.82) is 0 Å². The first-order chi connectivity index (χ1) is 10.2. The standard InChI is InChI=1S/C15H20N4O2/c1-18-4-3-12-13(18)16-10-17-14(12)19-5-11-6-21-9-15(11,7-19)8-20-2/h3-4,10-11H,5-9H2,1-2H3/t11-,15-/m0/s1. The van der Waals surface area contributed by atoms with E-state index in [9.17, 15) is 0 Å². The van der Waals surface area contributed by atoms with E-state index in [1.165, 1.54) is 0 Å². The summed E-state index contributed by atoms with van der Waals surface area (Å²) in [5, 5.41) is 1.12. The summed E-state index contributed by atoms with van der Waals surface area (Å²) < 4.78 is 13.2. The zero-order chi connectivity index (χ0) is 14.4. The van der Waals surface area contributed by atoms with Crippen molar-refractivity contribution in [3.63, 3.8) is 0 Å². The van der Waals surface area contributed by atoms with E-state index in [0.29, 0.717) is 5.92 Å². The summed E-state index contributed by atoms with van der Waals surface area (Å²) in [5.41, 5.74) is 1.09. The molecule has 2 aliphatic rings. The van der Waals surface area contributed by atoms with E-state index in [0.717, 1.165) is 49.8 Å². The van der Waals surface area contributed by atoms with Gasteiger partial charge < -0.3 is 18.9 Å². The molecule has 21 heavy (non-hydrogen) atoms. The van der Waals surface area contributed by atoms with Crippen LogP contribution in [-0.4, -0.2) is 54.6 Å². The highest BCUT2D eigenvalue weighted by Gasteiger charge is 2.51. The van der Waals surface area contributed by atoms with Crippen LogP contribution >= 0.6 is 0 Å². The minimum Gasteiger partial charge on any atom is -0.384 e. The second-order valence-electron chi connectivity index (χ2n) is 6.25. The highest BCUT2D eigenvalue weighted by Crippen LogP contribution is 2.43. The van der Waals surface area contributed by atoms with E-state index in [-0.39, 0.29) is 5.41 Å². The molecule has 0 aliphatic carbocycles. The Labute approximate surface area is 123 Å². The second-order valence-corrected chi connectivity index (χ2v) is 6.25. The van der Waals surface area contributed by atoms with Crippen LogP contribution in [0.4, 0.5) is 5.82 Å². The van der Waals surface area contributed by atoms with Crippen molar-refractivity contribution in [2.45, 2.75) is 0 Å². The quantitative estimate of drug-likeness (QED) is 0.845. The largest absolute Gasteiger partial charge is 0.384 e. The number of hydrogen-bond acceptors (Lipinski definition) is 5. The summed E-state index contributed by atoms with van der Waals surface area (Å²) in [6, 6.07) is 2.10. The minimum absolute atomic E-state index is 0.112. The Morgan fingerprint density at radius 2 is 2.38 bits per heavy atom. The van der Waals surface area contributed by atoms with E-state index < -0.39 is 0 Å². The van der Waals surface area contributed by atoms with Crippen LogP contribution in [0.1, 0.15) is 0 Å². The Bertz CT molecular complexity index is 671. The Balaban J connectivity index is 1.71. The van der Waals surface area contributed by atoms with Gasteiger partial charge in [-0.15, -0.1) is 0 Å². The molecule has 6 nitrogen and oxygen atoms in total. The first-order valence-corrected chi connectivity index (χ1v) is 7.31. The van der Waals surface area contributed by atoms with Crippen LogP contribution in [0.25, 0.3) is 11.0 Å². The van der Waals surface area contributed by atoms with Crippen molar-refractivity contribution in [2.75, 3.05) is 44.9 Å². The van der Waals surface area contributed by atoms with Crippen LogP contribution in [0.5, 0.6) is 0 Å². The number of ether oxygens (including phenoxy) is 2. The Kier molecular flexibility index (Phi) is 2.90. The number of hydrogen-bond donors (Lipinski definition) is 0. The van der Waals surface area contributed by atoms with E-state index >= 15 is 0 Å². The van der Waals surface area contributed by atoms with Gasteiger partial charge in [0.1, 0.15) is 17.8 Å². The van der Waals surface area contributed by atoms with Gasteiger partial charge in [-0.3, -0.25) is 0 Å². The van der Waals surface area contributed by atoms with E-state index in [1.807, 2.05) is 17.8 Å². The molecular weight excluding hydrogens is 268 g/mol. The average molecular weight is 288 g/mol. The molecule has 2 aromatic rings. The topological polar surface area (TPSA) is 52.4 Å². The normalized spacial score (nSPS) is 28.5. The minimum atomic E-state index is 0.112.